The van der Waals surface area contributed by atoms with Gasteiger partial charge in [0.1, 0.15) is 0 Å². The smallest absolute Gasteiger partial charge is 0.248 e. The maximum absolute atomic E-state index is 10.7. The Hall–Kier alpha value is -1.33. The van der Waals surface area contributed by atoms with E-state index in [4.69, 9.17) is 22.9 Å². The number of hydrogen-bond acceptors (Lipinski definition) is 4. The number of carbonyl (C=O) groups excluding carboxylic acids is 1. The van der Waals surface area contributed by atoms with Crippen LogP contribution in [-0.4, -0.2) is 5.91 Å². The average Bonchev–Trinajstić information content (AvgIpc) is 1.99. The van der Waals surface area contributed by atoms with Crippen LogP contribution in [0.15, 0.2) is 12.1 Å². The van der Waals surface area contributed by atoms with Crippen molar-refractivity contribution in [2.45, 2.75) is 0 Å². The number of nitrogens with two attached hydrogens (primary N) is 4. The quantitative estimate of drug-likeness (QED) is 0.529. The molecule has 0 bridgehead atoms. The lowest BCUT2D eigenvalue weighted by Crippen LogP contribution is -2.12. The minimum Gasteiger partial charge on any atom is -0.397 e. The van der Waals surface area contributed by atoms with Gasteiger partial charge in [-0.05, 0) is 12.1 Å². The molecular weight excluding hydrogens is 227 g/mol. The van der Waals surface area contributed by atoms with Gasteiger partial charge in [-0.3, -0.25) is 4.79 Å². The highest BCUT2D eigenvalue weighted by Crippen LogP contribution is 2.23. The predicted molar refractivity (Wildman–Crippen MR) is 62.7 cm³/mol. The molecule has 0 aliphatic rings. The van der Waals surface area contributed by atoms with Crippen LogP contribution in [0, 0.1) is 0 Å². The fourth-order valence-corrected chi connectivity index (χ4v) is 0.841. The van der Waals surface area contributed by atoms with Gasteiger partial charge in [0.15, 0.2) is 0 Å². The van der Waals surface area contributed by atoms with Crippen molar-refractivity contribution in [1.29, 1.82) is 0 Å². The van der Waals surface area contributed by atoms with Crippen molar-refractivity contribution in [3.05, 3.63) is 17.7 Å². The number of rotatable bonds is 1. The Balaban J connectivity index is 0. The molecule has 14 heavy (non-hydrogen) atoms. The standard InChI is InChI=1S/C7H10N4O.2ClH/c8-4-1-3(7(11)12)2-5(9)6(4)10;;/h1-2H,8-10H2,(H2,11,12);2*1H. The number of carbonyl (C=O) groups is 1. The first kappa shape index (κ1) is 15.2. The molecule has 0 aliphatic carbocycles. The van der Waals surface area contributed by atoms with E-state index in [1.54, 1.807) is 0 Å². The summed E-state index contributed by atoms with van der Waals surface area (Å²) in [4.78, 5) is 10.7. The second kappa shape index (κ2) is 5.41. The monoisotopic (exact) mass is 238 g/mol. The van der Waals surface area contributed by atoms with Crippen molar-refractivity contribution in [3.8, 4) is 0 Å². The summed E-state index contributed by atoms with van der Waals surface area (Å²) in [7, 11) is 0. The zero-order valence-corrected chi connectivity index (χ0v) is 8.82. The van der Waals surface area contributed by atoms with E-state index >= 15 is 0 Å². The number of nitrogen functional groups attached to an aromatic ring is 3. The number of primary amides is 1. The summed E-state index contributed by atoms with van der Waals surface area (Å²) < 4.78 is 0. The van der Waals surface area contributed by atoms with Crippen molar-refractivity contribution >= 4 is 47.8 Å². The first-order valence-electron chi connectivity index (χ1n) is 3.26. The van der Waals surface area contributed by atoms with Crippen LogP contribution >= 0.6 is 24.8 Å². The van der Waals surface area contributed by atoms with E-state index in [2.05, 4.69) is 0 Å². The van der Waals surface area contributed by atoms with Crippen molar-refractivity contribution in [1.82, 2.24) is 0 Å². The first-order valence-corrected chi connectivity index (χ1v) is 3.26. The van der Waals surface area contributed by atoms with Crippen molar-refractivity contribution in [2.24, 2.45) is 5.73 Å². The molecule has 0 aromatic heterocycles. The number of halogens is 2. The minimum absolute atomic E-state index is 0. The molecule has 0 heterocycles. The van der Waals surface area contributed by atoms with E-state index in [9.17, 15) is 4.79 Å². The zero-order valence-electron chi connectivity index (χ0n) is 7.19. The van der Waals surface area contributed by atoms with Gasteiger partial charge in [0, 0.05) is 5.56 Å². The molecule has 0 saturated carbocycles. The van der Waals surface area contributed by atoms with Gasteiger partial charge in [0.05, 0.1) is 17.1 Å². The molecule has 0 aliphatic heterocycles. The third kappa shape index (κ3) is 2.86. The zero-order chi connectivity index (χ0) is 9.30. The van der Waals surface area contributed by atoms with E-state index in [1.165, 1.54) is 12.1 Å². The molecule has 1 rings (SSSR count). The van der Waals surface area contributed by atoms with Crippen LogP contribution in [0.3, 0.4) is 0 Å². The molecule has 7 heteroatoms. The summed E-state index contributed by atoms with van der Waals surface area (Å²) in [6.07, 6.45) is 0. The van der Waals surface area contributed by atoms with Gasteiger partial charge in [-0.2, -0.15) is 0 Å². The molecule has 0 unspecified atom stereocenters. The minimum atomic E-state index is -0.576. The van der Waals surface area contributed by atoms with E-state index in [1.807, 2.05) is 0 Å². The van der Waals surface area contributed by atoms with Gasteiger partial charge >= 0.3 is 0 Å². The highest BCUT2D eigenvalue weighted by atomic mass is 35.5. The van der Waals surface area contributed by atoms with Gasteiger partial charge in [0.25, 0.3) is 0 Å². The van der Waals surface area contributed by atoms with Crippen LogP contribution in [-0.2, 0) is 0 Å². The van der Waals surface area contributed by atoms with Crippen LogP contribution in [0.25, 0.3) is 0 Å². The van der Waals surface area contributed by atoms with E-state index in [0.29, 0.717) is 0 Å². The third-order valence-corrected chi connectivity index (χ3v) is 1.53. The Labute approximate surface area is 93.6 Å². The van der Waals surface area contributed by atoms with Crippen molar-refractivity contribution in [3.63, 3.8) is 0 Å². The molecule has 0 radical (unpaired) electrons. The van der Waals surface area contributed by atoms with Gasteiger partial charge in [-0.15, -0.1) is 24.8 Å². The summed E-state index contributed by atoms with van der Waals surface area (Å²) in [5, 5.41) is 0. The molecule has 0 saturated heterocycles. The fraction of sp³-hybridized carbons (Fsp3) is 0. The van der Waals surface area contributed by atoms with Crippen molar-refractivity contribution in [2.75, 3.05) is 17.2 Å². The molecule has 1 aromatic rings. The second-order valence-electron chi connectivity index (χ2n) is 2.43. The highest BCUT2D eigenvalue weighted by molar-refractivity contribution is 5.97. The lowest BCUT2D eigenvalue weighted by atomic mass is 10.1. The molecule has 0 atom stereocenters. The Morgan fingerprint density at radius 3 is 1.64 bits per heavy atom. The lowest BCUT2D eigenvalue weighted by Gasteiger charge is -2.05. The second-order valence-corrected chi connectivity index (χ2v) is 2.43. The number of amides is 1. The summed E-state index contributed by atoms with van der Waals surface area (Å²) in [6, 6.07) is 2.79. The van der Waals surface area contributed by atoms with E-state index < -0.39 is 5.91 Å². The summed E-state index contributed by atoms with van der Waals surface area (Å²) in [6.45, 7) is 0. The number of benzene rings is 1. The SMILES string of the molecule is Cl.Cl.NC(=O)c1cc(N)c(N)c(N)c1. The van der Waals surface area contributed by atoms with Gasteiger partial charge in [-0.25, -0.2) is 0 Å². The van der Waals surface area contributed by atoms with Crippen LogP contribution < -0.4 is 22.9 Å². The fourth-order valence-electron chi connectivity index (χ4n) is 0.841. The van der Waals surface area contributed by atoms with Crippen LogP contribution in [0.4, 0.5) is 17.1 Å². The molecule has 0 fully saturated rings. The molecular formula is C7H12Cl2N4O. The molecule has 1 amide bonds. The predicted octanol–water partition coefficient (Wildman–Crippen LogP) is 0.376. The Bertz CT molecular complexity index is 319. The summed E-state index contributed by atoms with van der Waals surface area (Å²) in [5.41, 5.74) is 22.4. The van der Waals surface area contributed by atoms with E-state index in [0.717, 1.165) is 0 Å². The van der Waals surface area contributed by atoms with Gasteiger partial charge < -0.3 is 22.9 Å². The van der Waals surface area contributed by atoms with Crippen LogP contribution in [0.5, 0.6) is 0 Å². The Kier molecular flexibility index (Phi) is 5.86. The van der Waals surface area contributed by atoms with Gasteiger partial charge in [0.2, 0.25) is 5.91 Å². The number of hydrogen-bond donors (Lipinski definition) is 4. The third-order valence-electron chi connectivity index (χ3n) is 1.53. The largest absolute Gasteiger partial charge is 0.397 e. The Morgan fingerprint density at radius 1 is 1.00 bits per heavy atom. The summed E-state index contributed by atoms with van der Waals surface area (Å²) >= 11 is 0. The maximum atomic E-state index is 10.7. The van der Waals surface area contributed by atoms with Crippen molar-refractivity contribution < 1.29 is 4.79 Å². The normalized spacial score (nSPS) is 8.29. The van der Waals surface area contributed by atoms with Crippen LogP contribution in [0.2, 0.25) is 0 Å². The average molecular weight is 239 g/mol. The van der Waals surface area contributed by atoms with Crippen LogP contribution in [0.1, 0.15) is 10.4 Å². The Morgan fingerprint density at radius 2 is 1.36 bits per heavy atom. The molecule has 1 aromatic carbocycles. The first-order chi connectivity index (χ1) is 5.52. The maximum Gasteiger partial charge on any atom is 0.248 e. The van der Waals surface area contributed by atoms with E-state index in [-0.39, 0.29) is 47.4 Å². The topological polar surface area (TPSA) is 121 Å². The molecule has 80 valence electrons. The number of anilines is 3. The molecule has 0 spiro atoms. The lowest BCUT2D eigenvalue weighted by molar-refractivity contribution is 0.100. The highest BCUT2D eigenvalue weighted by Gasteiger charge is 2.06. The van der Waals surface area contributed by atoms with Gasteiger partial charge in [-0.1, -0.05) is 0 Å². The molecule has 5 nitrogen and oxygen atoms in total. The summed E-state index contributed by atoms with van der Waals surface area (Å²) in [5.74, 6) is -0.576. The molecule has 8 N–H and O–H groups in total.